The van der Waals surface area contributed by atoms with Crippen LogP contribution in [0.3, 0.4) is 0 Å². The molecule has 0 bridgehead atoms. The SMILES string of the molecule is S=c1sc(-c2ccccc2)nc2c(Cl)cc(Cl)cc12. The first-order valence-electron chi connectivity index (χ1n) is 5.50. The summed E-state index contributed by atoms with van der Waals surface area (Å²) in [6.45, 7) is 0. The van der Waals surface area contributed by atoms with E-state index in [1.54, 1.807) is 6.07 Å². The molecule has 0 saturated carbocycles. The molecule has 1 aromatic heterocycles. The molecule has 94 valence electrons. The summed E-state index contributed by atoms with van der Waals surface area (Å²) in [5.74, 6) is 0. The van der Waals surface area contributed by atoms with E-state index in [4.69, 9.17) is 35.4 Å². The van der Waals surface area contributed by atoms with E-state index in [0.717, 1.165) is 19.8 Å². The largest absolute Gasteiger partial charge is 0.235 e. The fraction of sp³-hybridized carbons (Fsp3) is 0. The predicted octanol–water partition coefficient (Wildman–Crippen LogP) is 6.00. The maximum absolute atomic E-state index is 6.21. The minimum atomic E-state index is 0.526. The molecule has 19 heavy (non-hydrogen) atoms. The van der Waals surface area contributed by atoms with E-state index < -0.39 is 0 Å². The molecule has 0 radical (unpaired) electrons. The lowest BCUT2D eigenvalue weighted by Crippen LogP contribution is -1.85. The van der Waals surface area contributed by atoms with Crippen molar-refractivity contribution in [2.45, 2.75) is 0 Å². The Hall–Kier alpha value is -1.00. The van der Waals surface area contributed by atoms with Crippen LogP contribution >= 0.6 is 46.8 Å². The van der Waals surface area contributed by atoms with E-state index in [1.165, 1.54) is 11.3 Å². The zero-order chi connectivity index (χ0) is 13.4. The summed E-state index contributed by atoms with van der Waals surface area (Å²) in [4.78, 5) is 4.61. The van der Waals surface area contributed by atoms with Gasteiger partial charge in [0.05, 0.1) is 10.5 Å². The van der Waals surface area contributed by atoms with Gasteiger partial charge in [0.15, 0.2) is 0 Å². The van der Waals surface area contributed by atoms with E-state index in [-0.39, 0.29) is 0 Å². The highest BCUT2D eigenvalue weighted by Crippen LogP contribution is 2.32. The molecule has 0 aliphatic heterocycles. The highest BCUT2D eigenvalue weighted by Gasteiger charge is 2.08. The first kappa shape index (κ1) is 13.0. The zero-order valence-corrected chi connectivity index (χ0v) is 12.7. The van der Waals surface area contributed by atoms with Crippen molar-refractivity contribution < 1.29 is 0 Å². The van der Waals surface area contributed by atoms with Crippen molar-refractivity contribution in [3.8, 4) is 10.6 Å². The van der Waals surface area contributed by atoms with Gasteiger partial charge in [0.2, 0.25) is 0 Å². The van der Waals surface area contributed by atoms with Crippen molar-refractivity contribution in [1.29, 1.82) is 0 Å². The molecular weight excluding hydrogens is 317 g/mol. The van der Waals surface area contributed by atoms with Crippen LogP contribution < -0.4 is 0 Å². The number of halogens is 2. The predicted molar refractivity (Wildman–Crippen MR) is 85.9 cm³/mol. The number of benzene rings is 2. The Morgan fingerprint density at radius 2 is 1.79 bits per heavy atom. The summed E-state index contributed by atoms with van der Waals surface area (Å²) in [5, 5.41) is 2.79. The standard InChI is InChI=1S/C14H7Cl2NS2/c15-9-6-10-12(11(16)7-9)17-13(19-14(10)18)8-4-2-1-3-5-8/h1-7H. The van der Waals surface area contributed by atoms with Crippen LogP contribution in [0.4, 0.5) is 0 Å². The molecule has 0 amide bonds. The number of fused-ring (bicyclic) bond motifs is 1. The summed E-state index contributed by atoms with van der Waals surface area (Å²) in [6.07, 6.45) is 0. The molecule has 0 unspecified atom stereocenters. The Morgan fingerprint density at radius 3 is 2.53 bits per heavy atom. The third kappa shape index (κ3) is 2.51. The second-order valence-corrected chi connectivity index (χ2v) is 6.47. The van der Waals surface area contributed by atoms with Gasteiger partial charge in [-0.05, 0) is 12.1 Å². The van der Waals surface area contributed by atoms with E-state index in [2.05, 4.69) is 4.98 Å². The summed E-state index contributed by atoms with van der Waals surface area (Å²) in [5.41, 5.74) is 1.74. The van der Waals surface area contributed by atoms with Crippen molar-refractivity contribution in [3.05, 3.63) is 56.3 Å². The Bertz CT molecular complexity index is 813. The molecule has 3 aromatic rings. The van der Waals surface area contributed by atoms with Crippen LogP contribution in [-0.2, 0) is 0 Å². The maximum atomic E-state index is 6.21. The van der Waals surface area contributed by atoms with Crippen molar-refractivity contribution in [2.75, 3.05) is 0 Å². The highest BCUT2D eigenvalue weighted by molar-refractivity contribution is 7.74. The van der Waals surface area contributed by atoms with Gasteiger partial charge in [0, 0.05) is 16.0 Å². The summed E-state index contributed by atoms with van der Waals surface area (Å²) >= 11 is 19.1. The van der Waals surface area contributed by atoms with Crippen molar-refractivity contribution in [3.63, 3.8) is 0 Å². The Labute approximate surface area is 129 Å². The fourth-order valence-corrected chi connectivity index (χ4v) is 3.57. The van der Waals surface area contributed by atoms with Gasteiger partial charge >= 0.3 is 0 Å². The van der Waals surface area contributed by atoms with Crippen molar-refractivity contribution in [2.24, 2.45) is 0 Å². The Kier molecular flexibility index (Phi) is 3.54. The van der Waals surface area contributed by atoms with Gasteiger partial charge in [-0.25, -0.2) is 4.98 Å². The van der Waals surface area contributed by atoms with E-state index >= 15 is 0 Å². The molecule has 0 fully saturated rings. The van der Waals surface area contributed by atoms with Gasteiger partial charge in [-0.3, -0.25) is 0 Å². The molecule has 2 aromatic carbocycles. The topological polar surface area (TPSA) is 12.9 Å². The van der Waals surface area contributed by atoms with Crippen LogP contribution in [0, 0.1) is 3.82 Å². The first-order chi connectivity index (χ1) is 9.15. The van der Waals surface area contributed by atoms with Gasteiger partial charge in [0.25, 0.3) is 0 Å². The van der Waals surface area contributed by atoms with Gasteiger partial charge in [-0.15, -0.1) is 11.3 Å². The van der Waals surface area contributed by atoms with Crippen LogP contribution in [0.15, 0.2) is 42.5 Å². The fourth-order valence-electron chi connectivity index (χ4n) is 1.81. The summed E-state index contributed by atoms with van der Waals surface area (Å²) < 4.78 is 0.744. The number of nitrogens with zero attached hydrogens (tertiary/aromatic N) is 1. The molecule has 0 N–H and O–H groups in total. The van der Waals surface area contributed by atoms with Crippen molar-refractivity contribution >= 4 is 57.7 Å². The van der Waals surface area contributed by atoms with Gasteiger partial charge in [0.1, 0.15) is 8.83 Å². The van der Waals surface area contributed by atoms with Crippen LogP contribution in [0.25, 0.3) is 21.5 Å². The maximum Gasteiger partial charge on any atom is 0.125 e. The first-order valence-corrected chi connectivity index (χ1v) is 7.48. The molecule has 0 aliphatic rings. The molecule has 0 atom stereocenters. The van der Waals surface area contributed by atoms with Gasteiger partial charge in [-0.1, -0.05) is 65.8 Å². The van der Waals surface area contributed by atoms with Gasteiger partial charge < -0.3 is 0 Å². The monoisotopic (exact) mass is 323 g/mol. The van der Waals surface area contributed by atoms with Crippen LogP contribution in [-0.4, -0.2) is 4.98 Å². The third-order valence-corrected chi connectivity index (χ3v) is 4.57. The lowest BCUT2D eigenvalue weighted by Gasteiger charge is -2.05. The number of rotatable bonds is 1. The minimum absolute atomic E-state index is 0.526. The van der Waals surface area contributed by atoms with Crippen LogP contribution in [0.1, 0.15) is 0 Å². The van der Waals surface area contributed by atoms with E-state index in [1.807, 2.05) is 36.4 Å². The molecule has 3 rings (SSSR count). The van der Waals surface area contributed by atoms with Crippen LogP contribution in [0.5, 0.6) is 0 Å². The Morgan fingerprint density at radius 1 is 1.05 bits per heavy atom. The summed E-state index contributed by atoms with van der Waals surface area (Å²) in [6, 6.07) is 13.4. The lowest BCUT2D eigenvalue weighted by molar-refractivity contribution is 1.45. The third-order valence-electron chi connectivity index (χ3n) is 2.67. The lowest BCUT2D eigenvalue weighted by atomic mass is 10.2. The normalized spacial score (nSPS) is 10.8. The molecule has 0 spiro atoms. The second-order valence-electron chi connectivity index (χ2n) is 3.96. The molecular formula is C14H7Cl2NS2. The van der Waals surface area contributed by atoms with Crippen LogP contribution in [0.2, 0.25) is 10.0 Å². The smallest absolute Gasteiger partial charge is 0.125 e. The van der Waals surface area contributed by atoms with Gasteiger partial charge in [-0.2, -0.15) is 0 Å². The molecule has 1 heterocycles. The molecule has 1 nitrogen and oxygen atoms in total. The average Bonchev–Trinajstić information content (AvgIpc) is 2.41. The second kappa shape index (κ2) is 5.17. The number of hydrogen-bond acceptors (Lipinski definition) is 3. The Balaban J connectivity index is 2.34. The zero-order valence-electron chi connectivity index (χ0n) is 9.56. The van der Waals surface area contributed by atoms with E-state index in [0.29, 0.717) is 15.6 Å². The molecule has 0 saturated heterocycles. The molecule has 0 aliphatic carbocycles. The van der Waals surface area contributed by atoms with E-state index in [9.17, 15) is 0 Å². The van der Waals surface area contributed by atoms with Crippen molar-refractivity contribution in [1.82, 2.24) is 4.98 Å². The molecule has 5 heteroatoms. The number of aromatic nitrogens is 1. The highest BCUT2D eigenvalue weighted by atomic mass is 35.5. The average molecular weight is 324 g/mol. The quantitative estimate of drug-likeness (QED) is 0.509. The minimum Gasteiger partial charge on any atom is -0.235 e. The summed E-state index contributed by atoms with van der Waals surface area (Å²) in [7, 11) is 0. The number of hydrogen-bond donors (Lipinski definition) is 0.